The van der Waals surface area contributed by atoms with Crippen molar-refractivity contribution in [3.05, 3.63) is 47.4 Å². The minimum Gasteiger partial charge on any atom is -0.481 e. The van der Waals surface area contributed by atoms with E-state index < -0.39 is 0 Å². The average Bonchev–Trinajstić information content (AvgIpc) is 2.43. The lowest BCUT2D eigenvalue weighted by Gasteiger charge is -2.17. The Hall–Kier alpha value is -2.17. The van der Waals surface area contributed by atoms with Crippen molar-refractivity contribution in [1.82, 2.24) is 9.97 Å². The lowest BCUT2D eigenvalue weighted by molar-refractivity contribution is 0.397. The van der Waals surface area contributed by atoms with E-state index in [1.54, 1.807) is 32.4 Å². The van der Waals surface area contributed by atoms with Gasteiger partial charge in [-0.2, -0.15) is 4.98 Å². The van der Waals surface area contributed by atoms with E-state index in [-0.39, 0.29) is 5.82 Å². The van der Waals surface area contributed by atoms with Gasteiger partial charge in [-0.05, 0) is 24.1 Å². The Morgan fingerprint density at radius 2 is 2.11 bits per heavy atom. The van der Waals surface area contributed by atoms with Crippen LogP contribution >= 0.6 is 0 Å². The maximum absolute atomic E-state index is 13.5. The van der Waals surface area contributed by atoms with Crippen LogP contribution in [0.5, 0.6) is 5.88 Å². The number of nitrogens with zero attached hydrogens (tertiary/aromatic N) is 3. The second-order valence-corrected chi connectivity index (χ2v) is 4.34. The van der Waals surface area contributed by atoms with Gasteiger partial charge in [0.05, 0.1) is 7.11 Å². The zero-order chi connectivity index (χ0) is 13.8. The Labute approximate surface area is 111 Å². The van der Waals surface area contributed by atoms with Gasteiger partial charge >= 0.3 is 0 Å². The molecule has 0 bridgehead atoms. The van der Waals surface area contributed by atoms with Crippen molar-refractivity contribution in [2.75, 3.05) is 19.1 Å². The molecular formula is C14H16FN3O. The normalized spacial score (nSPS) is 10.3. The van der Waals surface area contributed by atoms with E-state index in [1.807, 2.05) is 18.0 Å². The molecule has 100 valence electrons. The molecule has 5 heteroatoms. The first-order chi connectivity index (χ1) is 9.10. The van der Waals surface area contributed by atoms with Crippen LogP contribution in [-0.4, -0.2) is 24.1 Å². The highest BCUT2D eigenvalue weighted by atomic mass is 19.1. The minimum absolute atomic E-state index is 0.197. The molecule has 0 N–H and O–H groups in total. The Balaban J connectivity index is 2.15. The van der Waals surface area contributed by atoms with Crippen LogP contribution in [0.3, 0.4) is 0 Å². The van der Waals surface area contributed by atoms with Crippen LogP contribution in [0.4, 0.5) is 10.3 Å². The first-order valence-corrected chi connectivity index (χ1v) is 5.93. The molecular weight excluding hydrogens is 245 g/mol. The number of hydrogen-bond acceptors (Lipinski definition) is 4. The van der Waals surface area contributed by atoms with E-state index in [9.17, 15) is 4.39 Å². The van der Waals surface area contributed by atoms with Crippen molar-refractivity contribution in [3.8, 4) is 5.88 Å². The van der Waals surface area contributed by atoms with Gasteiger partial charge in [-0.15, -0.1) is 0 Å². The molecule has 0 atom stereocenters. The SMILES string of the molecule is COc1ccnc(N(C)Cc2ccc(C)c(F)c2)n1. The average molecular weight is 261 g/mol. The molecule has 0 saturated heterocycles. The van der Waals surface area contributed by atoms with Gasteiger partial charge in [-0.3, -0.25) is 0 Å². The van der Waals surface area contributed by atoms with E-state index in [4.69, 9.17) is 4.74 Å². The summed E-state index contributed by atoms with van der Waals surface area (Å²) in [5.41, 5.74) is 1.51. The predicted octanol–water partition coefficient (Wildman–Crippen LogP) is 2.57. The fourth-order valence-corrected chi connectivity index (χ4v) is 1.71. The fraction of sp³-hybridized carbons (Fsp3) is 0.286. The van der Waals surface area contributed by atoms with Gasteiger partial charge in [0.1, 0.15) is 5.82 Å². The third-order valence-electron chi connectivity index (χ3n) is 2.82. The van der Waals surface area contributed by atoms with Crippen LogP contribution in [0.2, 0.25) is 0 Å². The number of benzene rings is 1. The highest BCUT2D eigenvalue weighted by Crippen LogP contribution is 2.15. The predicted molar refractivity (Wildman–Crippen MR) is 71.8 cm³/mol. The second-order valence-electron chi connectivity index (χ2n) is 4.34. The van der Waals surface area contributed by atoms with Crippen molar-refractivity contribution in [1.29, 1.82) is 0 Å². The molecule has 0 amide bonds. The van der Waals surface area contributed by atoms with Crippen LogP contribution < -0.4 is 9.64 Å². The molecule has 1 heterocycles. The Morgan fingerprint density at radius 1 is 1.32 bits per heavy atom. The summed E-state index contributed by atoms with van der Waals surface area (Å²) < 4.78 is 18.5. The highest BCUT2D eigenvalue weighted by molar-refractivity contribution is 5.33. The molecule has 0 aliphatic heterocycles. The molecule has 1 aromatic carbocycles. The van der Waals surface area contributed by atoms with Gasteiger partial charge in [0.2, 0.25) is 11.8 Å². The topological polar surface area (TPSA) is 38.2 Å². The third-order valence-corrected chi connectivity index (χ3v) is 2.82. The molecule has 0 aliphatic carbocycles. The third kappa shape index (κ3) is 3.19. The summed E-state index contributed by atoms with van der Waals surface area (Å²) in [5.74, 6) is 0.852. The first kappa shape index (κ1) is 13.3. The van der Waals surface area contributed by atoms with Gasteiger partial charge in [-0.1, -0.05) is 12.1 Å². The molecule has 0 unspecified atom stereocenters. The van der Waals surface area contributed by atoms with Crippen LogP contribution in [0.1, 0.15) is 11.1 Å². The van der Waals surface area contributed by atoms with Gasteiger partial charge in [0, 0.05) is 25.9 Å². The van der Waals surface area contributed by atoms with E-state index in [0.717, 1.165) is 5.56 Å². The Bertz CT molecular complexity index is 574. The summed E-state index contributed by atoms with van der Waals surface area (Å²) in [6.45, 7) is 2.28. The molecule has 19 heavy (non-hydrogen) atoms. The second kappa shape index (κ2) is 5.65. The summed E-state index contributed by atoms with van der Waals surface area (Å²) >= 11 is 0. The number of methoxy groups -OCH3 is 1. The van der Waals surface area contributed by atoms with Crippen molar-refractivity contribution < 1.29 is 9.13 Å². The minimum atomic E-state index is -0.197. The zero-order valence-corrected chi connectivity index (χ0v) is 11.2. The Morgan fingerprint density at radius 3 is 2.79 bits per heavy atom. The summed E-state index contributed by atoms with van der Waals surface area (Å²) in [7, 11) is 3.41. The van der Waals surface area contributed by atoms with Crippen molar-refractivity contribution in [3.63, 3.8) is 0 Å². The summed E-state index contributed by atoms with van der Waals surface area (Å²) in [5, 5.41) is 0. The van der Waals surface area contributed by atoms with Crippen molar-refractivity contribution in [2.45, 2.75) is 13.5 Å². The van der Waals surface area contributed by atoms with Crippen LogP contribution in [0, 0.1) is 12.7 Å². The first-order valence-electron chi connectivity index (χ1n) is 5.93. The molecule has 4 nitrogen and oxygen atoms in total. The maximum atomic E-state index is 13.5. The van der Waals surface area contributed by atoms with Gasteiger partial charge in [0.15, 0.2) is 0 Å². The number of halogens is 1. The maximum Gasteiger partial charge on any atom is 0.228 e. The molecule has 0 saturated carbocycles. The number of rotatable bonds is 4. The van der Waals surface area contributed by atoms with Crippen LogP contribution in [-0.2, 0) is 6.54 Å². The van der Waals surface area contributed by atoms with Crippen molar-refractivity contribution in [2.24, 2.45) is 0 Å². The number of aromatic nitrogens is 2. The number of anilines is 1. The summed E-state index contributed by atoms with van der Waals surface area (Å²) in [6.07, 6.45) is 1.63. The summed E-state index contributed by atoms with van der Waals surface area (Å²) in [6, 6.07) is 6.88. The fourth-order valence-electron chi connectivity index (χ4n) is 1.71. The smallest absolute Gasteiger partial charge is 0.228 e. The number of hydrogen-bond donors (Lipinski definition) is 0. The van der Waals surface area contributed by atoms with E-state index in [1.165, 1.54) is 6.07 Å². The van der Waals surface area contributed by atoms with Crippen LogP contribution in [0.25, 0.3) is 0 Å². The number of ether oxygens (including phenoxy) is 1. The quantitative estimate of drug-likeness (QED) is 0.848. The molecule has 2 aromatic rings. The molecule has 1 aromatic heterocycles. The molecule has 0 aliphatic rings. The van der Waals surface area contributed by atoms with Gasteiger partial charge in [-0.25, -0.2) is 9.37 Å². The molecule has 0 radical (unpaired) electrons. The lowest BCUT2D eigenvalue weighted by Crippen LogP contribution is -2.19. The van der Waals surface area contributed by atoms with Crippen molar-refractivity contribution >= 4 is 5.95 Å². The lowest BCUT2D eigenvalue weighted by atomic mass is 10.1. The number of aryl methyl sites for hydroxylation is 1. The van der Waals surface area contributed by atoms with E-state index in [0.29, 0.717) is 23.9 Å². The largest absolute Gasteiger partial charge is 0.481 e. The Kier molecular flexibility index (Phi) is 3.94. The highest BCUT2D eigenvalue weighted by Gasteiger charge is 2.07. The molecule has 2 rings (SSSR count). The van der Waals surface area contributed by atoms with E-state index in [2.05, 4.69) is 9.97 Å². The van der Waals surface area contributed by atoms with Crippen LogP contribution in [0.15, 0.2) is 30.5 Å². The van der Waals surface area contributed by atoms with Gasteiger partial charge in [0.25, 0.3) is 0 Å². The summed E-state index contributed by atoms with van der Waals surface area (Å²) in [4.78, 5) is 10.2. The van der Waals surface area contributed by atoms with E-state index >= 15 is 0 Å². The molecule has 0 spiro atoms. The van der Waals surface area contributed by atoms with Gasteiger partial charge < -0.3 is 9.64 Å². The monoisotopic (exact) mass is 261 g/mol. The standard InChI is InChI=1S/C14H16FN3O/c1-10-4-5-11(8-12(10)15)9-18(2)14-16-7-6-13(17-14)19-3/h4-8H,9H2,1-3H3. The zero-order valence-electron chi connectivity index (χ0n) is 11.2. The molecule has 0 fully saturated rings.